The van der Waals surface area contributed by atoms with Gasteiger partial charge in [-0.2, -0.15) is 21.8 Å². The van der Waals surface area contributed by atoms with E-state index < -0.39 is 0 Å². The lowest BCUT2D eigenvalue weighted by atomic mass is 10.2. The molecule has 0 aliphatic rings. The first-order chi connectivity index (χ1) is 9.70. The molecule has 6 nitrogen and oxygen atoms in total. The number of nitrogens with zero attached hydrogens (tertiary/aromatic N) is 5. The normalized spacial score (nSPS) is 12.9. The van der Waals surface area contributed by atoms with Gasteiger partial charge >= 0.3 is 0 Å². The van der Waals surface area contributed by atoms with Crippen LogP contribution in [0.25, 0.3) is 17.1 Å². The van der Waals surface area contributed by atoms with Gasteiger partial charge in [0.05, 0.1) is 22.7 Å². The Morgan fingerprint density at radius 2 is 2.30 bits per heavy atom. The second-order valence-corrected chi connectivity index (χ2v) is 6.03. The number of fused-ring (bicyclic) bond motifs is 1. The third-order valence-corrected chi connectivity index (χ3v) is 4.15. The molecule has 3 aromatic heterocycles. The summed E-state index contributed by atoms with van der Waals surface area (Å²) in [5.41, 5.74) is 2.56. The maximum atomic E-state index is 5.37. The van der Waals surface area contributed by atoms with Crippen LogP contribution in [-0.2, 0) is 0 Å². The lowest BCUT2D eigenvalue weighted by Crippen LogP contribution is -1.99. The van der Waals surface area contributed by atoms with Crippen LogP contribution in [0.2, 0.25) is 0 Å². The molecule has 0 spiro atoms. The van der Waals surface area contributed by atoms with Crippen molar-refractivity contribution < 1.29 is 4.52 Å². The van der Waals surface area contributed by atoms with Crippen molar-refractivity contribution in [1.82, 2.24) is 24.7 Å². The molecule has 0 amide bonds. The van der Waals surface area contributed by atoms with Crippen LogP contribution in [0.5, 0.6) is 0 Å². The molecule has 3 rings (SSSR count). The van der Waals surface area contributed by atoms with Crippen molar-refractivity contribution in [3.8, 4) is 11.5 Å². The molecule has 0 saturated carbocycles. The van der Waals surface area contributed by atoms with Crippen molar-refractivity contribution >= 4 is 17.4 Å². The minimum Gasteiger partial charge on any atom is -0.334 e. The summed E-state index contributed by atoms with van der Waals surface area (Å²) >= 11 is 1.78. The second kappa shape index (κ2) is 5.24. The smallest absolute Gasteiger partial charge is 0.261 e. The maximum Gasteiger partial charge on any atom is 0.261 e. The zero-order valence-corrected chi connectivity index (χ0v) is 12.4. The molecule has 0 aliphatic carbocycles. The molecule has 0 saturated heterocycles. The number of hydrogen-bond acceptors (Lipinski definition) is 6. The lowest BCUT2D eigenvalue weighted by molar-refractivity contribution is 0.422. The third kappa shape index (κ3) is 2.18. The highest BCUT2D eigenvalue weighted by molar-refractivity contribution is 7.99. The molecule has 1 unspecified atom stereocenters. The highest BCUT2D eigenvalue weighted by atomic mass is 32.2. The number of aryl methyl sites for hydroxylation is 1. The van der Waals surface area contributed by atoms with Crippen molar-refractivity contribution in [2.24, 2.45) is 0 Å². The van der Waals surface area contributed by atoms with Gasteiger partial charge in [0.15, 0.2) is 11.5 Å². The van der Waals surface area contributed by atoms with Gasteiger partial charge in [-0.15, -0.1) is 0 Å². The van der Waals surface area contributed by atoms with Gasteiger partial charge in [0, 0.05) is 12.3 Å². The number of thioether (sulfide) groups is 1. The summed E-state index contributed by atoms with van der Waals surface area (Å²) < 4.78 is 7.14. The topological polar surface area (TPSA) is 69.1 Å². The van der Waals surface area contributed by atoms with E-state index in [0.717, 1.165) is 22.7 Å². The van der Waals surface area contributed by atoms with E-state index in [-0.39, 0.29) is 5.25 Å². The molecule has 20 heavy (non-hydrogen) atoms. The Kier molecular flexibility index (Phi) is 3.43. The largest absolute Gasteiger partial charge is 0.334 e. The molecule has 0 aliphatic heterocycles. The van der Waals surface area contributed by atoms with Crippen LogP contribution < -0.4 is 0 Å². The van der Waals surface area contributed by atoms with E-state index in [1.54, 1.807) is 28.7 Å². The Bertz CT molecular complexity index is 735. The fourth-order valence-corrected chi connectivity index (χ4v) is 2.78. The maximum absolute atomic E-state index is 5.37. The van der Waals surface area contributed by atoms with E-state index in [0.29, 0.717) is 11.7 Å². The molecular formula is C13H15N5OS. The zero-order valence-electron chi connectivity index (χ0n) is 11.6. The van der Waals surface area contributed by atoms with Crippen LogP contribution in [0.3, 0.4) is 0 Å². The number of hydrogen-bond donors (Lipinski definition) is 0. The summed E-state index contributed by atoms with van der Waals surface area (Å²) in [7, 11) is 0. The van der Waals surface area contributed by atoms with E-state index in [1.165, 1.54) is 0 Å². The average molecular weight is 289 g/mol. The molecule has 0 fully saturated rings. The summed E-state index contributed by atoms with van der Waals surface area (Å²) in [4.78, 5) is 8.81. The third-order valence-electron chi connectivity index (χ3n) is 3.11. The van der Waals surface area contributed by atoms with Gasteiger partial charge in [-0.3, -0.25) is 0 Å². The fraction of sp³-hybridized carbons (Fsp3) is 0.385. The Morgan fingerprint density at radius 1 is 1.45 bits per heavy atom. The van der Waals surface area contributed by atoms with Gasteiger partial charge in [0.25, 0.3) is 5.89 Å². The predicted octanol–water partition coefficient (Wildman–Crippen LogP) is 2.90. The molecule has 104 valence electrons. The highest BCUT2D eigenvalue weighted by Gasteiger charge is 2.17. The van der Waals surface area contributed by atoms with Crippen LogP contribution in [0, 0.1) is 6.92 Å². The van der Waals surface area contributed by atoms with E-state index in [1.807, 2.05) is 13.0 Å². The molecule has 7 heteroatoms. The number of rotatable bonds is 4. The molecule has 3 aromatic rings. The Morgan fingerprint density at radius 3 is 3.10 bits per heavy atom. The van der Waals surface area contributed by atoms with Gasteiger partial charge in [-0.1, -0.05) is 12.1 Å². The summed E-state index contributed by atoms with van der Waals surface area (Å²) in [5.74, 6) is 2.22. The Labute approximate surface area is 120 Å². The quantitative estimate of drug-likeness (QED) is 0.735. The second-order valence-electron chi connectivity index (χ2n) is 4.41. The zero-order chi connectivity index (χ0) is 14.1. The summed E-state index contributed by atoms with van der Waals surface area (Å²) in [6.07, 6.45) is 3.47. The standard InChI is InChI=1S/C13H15N5OS/c1-4-20-9(3)12-16-13(19-17-12)10-7-14-11-5-6-15-18(11)8(10)2/h5-7,9H,4H2,1-3H3. The van der Waals surface area contributed by atoms with Crippen LogP contribution in [0.1, 0.15) is 30.6 Å². The van der Waals surface area contributed by atoms with Crippen molar-refractivity contribution in [3.05, 3.63) is 30.0 Å². The first kappa shape index (κ1) is 13.1. The van der Waals surface area contributed by atoms with Crippen LogP contribution >= 0.6 is 11.8 Å². The number of aromatic nitrogens is 5. The SMILES string of the molecule is CCSC(C)c1noc(-c2cnc3ccnn3c2C)n1. The van der Waals surface area contributed by atoms with Gasteiger partial charge in [-0.05, 0) is 19.6 Å². The first-order valence-electron chi connectivity index (χ1n) is 6.45. The molecule has 0 aromatic carbocycles. The summed E-state index contributed by atoms with van der Waals surface area (Å²) in [6, 6.07) is 1.86. The van der Waals surface area contributed by atoms with Crippen molar-refractivity contribution in [2.75, 3.05) is 5.75 Å². The van der Waals surface area contributed by atoms with Crippen LogP contribution in [0.4, 0.5) is 0 Å². The first-order valence-corrected chi connectivity index (χ1v) is 7.50. The summed E-state index contributed by atoms with van der Waals surface area (Å²) in [5, 5.41) is 8.51. The molecular weight excluding hydrogens is 274 g/mol. The Hall–Kier alpha value is -1.89. The Balaban J connectivity index is 2.00. The van der Waals surface area contributed by atoms with E-state index in [2.05, 4.69) is 34.1 Å². The monoisotopic (exact) mass is 289 g/mol. The predicted molar refractivity (Wildman–Crippen MR) is 77.6 cm³/mol. The van der Waals surface area contributed by atoms with E-state index >= 15 is 0 Å². The van der Waals surface area contributed by atoms with Crippen molar-refractivity contribution in [1.29, 1.82) is 0 Å². The van der Waals surface area contributed by atoms with Crippen LogP contribution in [0.15, 0.2) is 23.0 Å². The highest BCUT2D eigenvalue weighted by Crippen LogP contribution is 2.28. The van der Waals surface area contributed by atoms with Gasteiger partial charge in [0.1, 0.15) is 0 Å². The summed E-state index contributed by atoms with van der Waals surface area (Å²) in [6.45, 7) is 6.15. The minimum absolute atomic E-state index is 0.221. The van der Waals surface area contributed by atoms with Gasteiger partial charge < -0.3 is 4.52 Å². The molecule has 0 bridgehead atoms. The average Bonchev–Trinajstić information content (AvgIpc) is 3.08. The molecule has 1 atom stereocenters. The van der Waals surface area contributed by atoms with E-state index in [4.69, 9.17) is 4.52 Å². The van der Waals surface area contributed by atoms with E-state index in [9.17, 15) is 0 Å². The molecule has 3 heterocycles. The molecule has 0 radical (unpaired) electrons. The lowest BCUT2D eigenvalue weighted by Gasteiger charge is -2.03. The van der Waals surface area contributed by atoms with Gasteiger partial charge in [0.2, 0.25) is 0 Å². The van der Waals surface area contributed by atoms with Crippen LogP contribution in [-0.4, -0.2) is 30.5 Å². The van der Waals surface area contributed by atoms with Crippen molar-refractivity contribution in [2.45, 2.75) is 26.0 Å². The van der Waals surface area contributed by atoms with Gasteiger partial charge in [-0.25, -0.2) is 9.50 Å². The van der Waals surface area contributed by atoms with Crippen molar-refractivity contribution in [3.63, 3.8) is 0 Å². The minimum atomic E-state index is 0.221. The molecule has 0 N–H and O–H groups in total. The fourth-order valence-electron chi connectivity index (χ4n) is 2.03.